The van der Waals surface area contributed by atoms with E-state index in [1.807, 2.05) is 18.5 Å². The lowest BCUT2D eigenvalue weighted by Crippen LogP contribution is -2.39. The first-order valence-electron chi connectivity index (χ1n) is 10.5. The summed E-state index contributed by atoms with van der Waals surface area (Å²) < 4.78 is 0. The van der Waals surface area contributed by atoms with Gasteiger partial charge in [0, 0.05) is 17.8 Å². The van der Waals surface area contributed by atoms with Crippen LogP contribution in [-0.4, -0.2) is 34.0 Å². The summed E-state index contributed by atoms with van der Waals surface area (Å²) in [7, 11) is 0. The van der Waals surface area contributed by atoms with Gasteiger partial charge in [-0.15, -0.1) is 0 Å². The molecular formula is C26H24N2O2. The second-order valence-corrected chi connectivity index (χ2v) is 8.14. The van der Waals surface area contributed by atoms with Gasteiger partial charge in [0.15, 0.2) is 0 Å². The Morgan fingerprint density at radius 1 is 0.867 bits per heavy atom. The lowest BCUT2D eigenvalue weighted by Gasteiger charge is -2.37. The number of fused-ring (bicyclic) bond motifs is 2. The average molecular weight is 396 g/mol. The van der Waals surface area contributed by atoms with Gasteiger partial charge in [-0.1, -0.05) is 48.5 Å². The van der Waals surface area contributed by atoms with Gasteiger partial charge in [0.25, 0.3) is 0 Å². The molecule has 0 aliphatic carbocycles. The highest BCUT2D eigenvalue weighted by Crippen LogP contribution is 2.35. The lowest BCUT2D eigenvalue weighted by atomic mass is 9.90. The number of carboxylic acid groups (broad SMARTS) is 1. The number of aromatic nitrogens is 1. The van der Waals surface area contributed by atoms with Crippen molar-refractivity contribution in [2.45, 2.75) is 18.9 Å². The maximum Gasteiger partial charge on any atom is 0.306 e. The summed E-state index contributed by atoms with van der Waals surface area (Å²) in [5.74, 6) is -0.906. The molecule has 1 fully saturated rings. The third-order valence-electron chi connectivity index (χ3n) is 6.31. The highest BCUT2D eigenvalue weighted by Gasteiger charge is 2.30. The summed E-state index contributed by atoms with van der Waals surface area (Å²) >= 11 is 0. The van der Waals surface area contributed by atoms with Crippen molar-refractivity contribution in [3.8, 4) is 0 Å². The summed E-state index contributed by atoms with van der Waals surface area (Å²) in [5, 5.41) is 14.2. The van der Waals surface area contributed by atoms with Crippen molar-refractivity contribution in [1.29, 1.82) is 0 Å². The number of benzene rings is 3. The molecule has 3 aromatic carbocycles. The normalized spacial score (nSPS) is 16.7. The number of nitrogens with zero attached hydrogens (tertiary/aromatic N) is 2. The highest BCUT2D eigenvalue weighted by molar-refractivity contribution is 5.84. The molecule has 1 unspecified atom stereocenters. The summed E-state index contributed by atoms with van der Waals surface area (Å²) in [6, 6.07) is 23.8. The Balaban J connectivity index is 1.58. The molecule has 1 N–H and O–H groups in total. The number of carboxylic acids is 1. The second kappa shape index (κ2) is 7.88. The Morgan fingerprint density at radius 2 is 1.50 bits per heavy atom. The van der Waals surface area contributed by atoms with Gasteiger partial charge < -0.3 is 5.11 Å². The van der Waals surface area contributed by atoms with Gasteiger partial charge in [0.05, 0.1) is 12.0 Å². The van der Waals surface area contributed by atoms with Crippen LogP contribution in [0.3, 0.4) is 0 Å². The van der Waals surface area contributed by atoms with Crippen molar-refractivity contribution < 1.29 is 9.90 Å². The van der Waals surface area contributed by atoms with Crippen LogP contribution in [-0.2, 0) is 4.79 Å². The van der Waals surface area contributed by atoms with Crippen LogP contribution in [0, 0.1) is 5.92 Å². The van der Waals surface area contributed by atoms with Gasteiger partial charge >= 0.3 is 5.97 Å². The minimum absolute atomic E-state index is 0.0990. The van der Waals surface area contributed by atoms with Crippen LogP contribution in [0.5, 0.6) is 0 Å². The Kier molecular flexibility index (Phi) is 4.93. The highest BCUT2D eigenvalue weighted by atomic mass is 16.4. The smallest absolute Gasteiger partial charge is 0.306 e. The van der Waals surface area contributed by atoms with Crippen LogP contribution < -0.4 is 0 Å². The Hall–Kier alpha value is -3.24. The molecule has 1 aromatic heterocycles. The van der Waals surface area contributed by atoms with E-state index in [-0.39, 0.29) is 12.0 Å². The van der Waals surface area contributed by atoms with E-state index in [0.29, 0.717) is 12.8 Å². The molecule has 5 rings (SSSR count). The second-order valence-electron chi connectivity index (χ2n) is 8.14. The molecule has 1 aliphatic rings. The molecule has 4 nitrogen and oxygen atoms in total. The molecule has 4 heteroatoms. The molecule has 1 aliphatic heterocycles. The first-order chi connectivity index (χ1) is 14.7. The van der Waals surface area contributed by atoms with E-state index >= 15 is 0 Å². The van der Waals surface area contributed by atoms with Crippen molar-refractivity contribution in [2.75, 3.05) is 13.1 Å². The van der Waals surface area contributed by atoms with Gasteiger partial charge in [-0.3, -0.25) is 14.7 Å². The molecule has 0 spiro atoms. The van der Waals surface area contributed by atoms with Crippen LogP contribution >= 0.6 is 0 Å². The number of aliphatic carboxylic acids is 1. The fourth-order valence-electron chi connectivity index (χ4n) is 4.67. The number of pyridine rings is 1. The third-order valence-corrected chi connectivity index (χ3v) is 6.31. The average Bonchev–Trinajstić information content (AvgIpc) is 2.79. The van der Waals surface area contributed by atoms with Crippen LogP contribution in [0.4, 0.5) is 0 Å². The fraction of sp³-hybridized carbons (Fsp3) is 0.231. The number of piperidine rings is 1. The van der Waals surface area contributed by atoms with Gasteiger partial charge in [-0.2, -0.15) is 0 Å². The molecule has 30 heavy (non-hydrogen) atoms. The molecule has 1 atom stereocenters. The van der Waals surface area contributed by atoms with Crippen LogP contribution in [0.25, 0.3) is 21.5 Å². The Bertz CT molecular complexity index is 1130. The van der Waals surface area contributed by atoms with Crippen molar-refractivity contribution in [3.05, 3.63) is 90.3 Å². The number of hydrogen-bond donors (Lipinski definition) is 1. The lowest BCUT2D eigenvalue weighted by molar-refractivity contribution is -0.143. The first kappa shape index (κ1) is 18.8. The van der Waals surface area contributed by atoms with E-state index in [4.69, 9.17) is 0 Å². The zero-order valence-electron chi connectivity index (χ0n) is 16.7. The van der Waals surface area contributed by atoms with Crippen molar-refractivity contribution >= 4 is 27.5 Å². The molecular weight excluding hydrogens is 372 g/mol. The molecule has 0 radical (unpaired) electrons. The fourth-order valence-corrected chi connectivity index (χ4v) is 4.67. The van der Waals surface area contributed by atoms with E-state index in [2.05, 4.69) is 70.5 Å². The topological polar surface area (TPSA) is 53.4 Å². The molecule has 2 heterocycles. The monoisotopic (exact) mass is 396 g/mol. The van der Waals surface area contributed by atoms with E-state index in [1.165, 1.54) is 27.3 Å². The maximum absolute atomic E-state index is 11.4. The van der Waals surface area contributed by atoms with Crippen molar-refractivity contribution in [2.24, 2.45) is 5.92 Å². The number of likely N-dealkylation sites (tertiary alicyclic amines) is 1. The summed E-state index contributed by atoms with van der Waals surface area (Å²) in [5.41, 5.74) is 2.48. The Morgan fingerprint density at radius 3 is 2.20 bits per heavy atom. The minimum atomic E-state index is -0.671. The third kappa shape index (κ3) is 3.55. The Labute approximate surface area is 175 Å². The minimum Gasteiger partial charge on any atom is -0.481 e. The van der Waals surface area contributed by atoms with E-state index in [1.54, 1.807) is 0 Å². The summed E-state index contributed by atoms with van der Waals surface area (Å²) in [6.07, 6.45) is 5.10. The largest absolute Gasteiger partial charge is 0.481 e. The molecule has 0 bridgehead atoms. The van der Waals surface area contributed by atoms with E-state index in [0.717, 1.165) is 18.5 Å². The van der Waals surface area contributed by atoms with E-state index in [9.17, 15) is 9.90 Å². The predicted octanol–water partition coefficient (Wildman–Crippen LogP) is 5.27. The van der Waals surface area contributed by atoms with Crippen LogP contribution in [0.2, 0.25) is 0 Å². The van der Waals surface area contributed by atoms with Crippen LogP contribution in [0.1, 0.15) is 30.0 Å². The van der Waals surface area contributed by atoms with Gasteiger partial charge in [-0.25, -0.2) is 0 Å². The quantitative estimate of drug-likeness (QED) is 0.510. The zero-order chi connectivity index (χ0) is 20.5. The summed E-state index contributed by atoms with van der Waals surface area (Å²) in [4.78, 5) is 18.1. The van der Waals surface area contributed by atoms with E-state index < -0.39 is 5.97 Å². The standard InChI is InChI=1S/C26H24N2O2/c29-26(30)19-10-13-28(14-11-19)25(22-6-5-18-3-1-2-4-20(18)15-22)23-7-8-24-17-27-12-9-21(24)16-23/h1-9,12,15-17,19,25H,10-11,13-14H2,(H,29,30). The van der Waals surface area contributed by atoms with Crippen molar-refractivity contribution in [1.82, 2.24) is 9.88 Å². The molecule has 150 valence electrons. The molecule has 0 amide bonds. The SMILES string of the molecule is O=C(O)C1CCN(C(c2ccc3ccccc3c2)c2ccc3cnccc3c2)CC1. The molecule has 1 saturated heterocycles. The number of rotatable bonds is 4. The van der Waals surface area contributed by atoms with Gasteiger partial charge in [0.1, 0.15) is 0 Å². The molecule has 0 saturated carbocycles. The molecule has 4 aromatic rings. The van der Waals surface area contributed by atoms with Crippen LogP contribution in [0.15, 0.2) is 79.1 Å². The van der Waals surface area contributed by atoms with Gasteiger partial charge in [-0.05, 0) is 71.4 Å². The number of carbonyl (C=O) groups is 1. The first-order valence-corrected chi connectivity index (χ1v) is 10.5. The van der Waals surface area contributed by atoms with Gasteiger partial charge in [0.2, 0.25) is 0 Å². The predicted molar refractivity (Wildman–Crippen MR) is 119 cm³/mol. The summed E-state index contributed by atoms with van der Waals surface area (Å²) in [6.45, 7) is 1.56. The number of hydrogen-bond acceptors (Lipinski definition) is 3. The van der Waals surface area contributed by atoms with Crippen molar-refractivity contribution in [3.63, 3.8) is 0 Å². The zero-order valence-corrected chi connectivity index (χ0v) is 16.7. The maximum atomic E-state index is 11.4.